The van der Waals surface area contributed by atoms with E-state index in [0.29, 0.717) is 18.3 Å². The van der Waals surface area contributed by atoms with Gasteiger partial charge >= 0.3 is 0 Å². The molecule has 0 saturated carbocycles. The van der Waals surface area contributed by atoms with E-state index in [2.05, 4.69) is 31.1 Å². The summed E-state index contributed by atoms with van der Waals surface area (Å²) in [7, 11) is 3.62. The van der Waals surface area contributed by atoms with Crippen molar-refractivity contribution in [1.82, 2.24) is 10.2 Å². The summed E-state index contributed by atoms with van der Waals surface area (Å²) in [6.07, 6.45) is 1.04. The molecular weight excluding hydrogens is 270 g/mol. The van der Waals surface area contributed by atoms with Crippen LogP contribution in [0.5, 0.6) is 5.75 Å². The van der Waals surface area contributed by atoms with Gasteiger partial charge in [-0.15, -0.1) is 0 Å². The maximum atomic E-state index is 10.9. The number of nitro groups is 1. The van der Waals surface area contributed by atoms with Crippen LogP contribution >= 0.6 is 0 Å². The third kappa shape index (κ3) is 6.10. The molecule has 0 spiro atoms. The van der Waals surface area contributed by atoms with E-state index >= 15 is 0 Å². The van der Waals surface area contributed by atoms with Crippen LogP contribution in [0.3, 0.4) is 0 Å². The number of nitrogens with one attached hydrogen (secondary N) is 1. The Balaban J connectivity index is 2.44. The normalized spacial score (nSPS) is 11.1. The van der Waals surface area contributed by atoms with Gasteiger partial charge in [-0.25, -0.2) is 0 Å². The first-order chi connectivity index (χ1) is 9.93. The molecule has 6 nitrogen and oxygen atoms in total. The molecule has 0 heterocycles. The second-order valence-electron chi connectivity index (χ2n) is 5.40. The first kappa shape index (κ1) is 17.4. The predicted octanol–water partition coefficient (Wildman–Crippen LogP) is 2.42. The van der Waals surface area contributed by atoms with Gasteiger partial charge < -0.3 is 15.0 Å². The van der Waals surface area contributed by atoms with Crippen LogP contribution in [0.4, 0.5) is 5.69 Å². The van der Waals surface area contributed by atoms with Crippen molar-refractivity contribution < 1.29 is 9.66 Å². The Bertz CT molecular complexity index is 463. The topological polar surface area (TPSA) is 67.6 Å². The van der Waals surface area contributed by atoms with Gasteiger partial charge in [0, 0.05) is 18.7 Å². The molecule has 6 heteroatoms. The molecule has 0 bridgehead atoms. The summed E-state index contributed by atoms with van der Waals surface area (Å²) < 4.78 is 5.09. The maximum absolute atomic E-state index is 10.9. The van der Waals surface area contributed by atoms with Gasteiger partial charge in [-0.2, -0.15) is 0 Å². The zero-order valence-electron chi connectivity index (χ0n) is 13.3. The highest BCUT2D eigenvalue weighted by atomic mass is 16.6. The molecule has 0 fully saturated rings. The predicted molar refractivity (Wildman–Crippen MR) is 83.7 cm³/mol. The average molecular weight is 295 g/mol. The third-order valence-corrected chi connectivity index (χ3v) is 3.47. The van der Waals surface area contributed by atoms with E-state index in [1.807, 2.05) is 6.07 Å². The number of methoxy groups -OCH3 is 1. The number of benzene rings is 1. The Morgan fingerprint density at radius 2 is 2.10 bits per heavy atom. The van der Waals surface area contributed by atoms with Crippen molar-refractivity contribution in [3.63, 3.8) is 0 Å². The second-order valence-corrected chi connectivity index (χ2v) is 5.40. The molecule has 0 aromatic heterocycles. The van der Waals surface area contributed by atoms with Gasteiger partial charge in [0.15, 0.2) is 0 Å². The molecule has 0 radical (unpaired) electrons. The summed E-state index contributed by atoms with van der Waals surface area (Å²) in [5.41, 5.74) is 0.920. The Kier molecular flexibility index (Phi) is 7.11. The zero-order valence-corrected chi connectivity index (χ0v) is 13.3. The number of hydrogen-bond donors (Lipinski definition) is 1. The smallest absolute Gasteiger partial charge is 0.273 e. The monoisotopic (exact) mass is 295 g/mol. The van der Waals surface area contributed by atoms with Gasteiger partial charge in [0.05, 0.1) is 18.1 Å². The molecule has 0 aliphatic heterocycles. The minimum Gasteiger partial charge on any atom is -0.496 e. The van der Waals surface area contributed by atoms with Gasteiger partial charge in [-0.1, -0.05) is 0 Å². The lowest BCUT2D eigenvalue weighted by molar-refractivity contribution is -0.385. The number of rotatable bonds is 9. The van der Waals surface area contributed by atoms with Crippen LogP contribution in [0.15, 0.2) is 18.2 Å². The first-order valence-electron chi connectivity index (χ1n) is 7.17. The summed E-state index contributed by atoms with van der Waals surface area (Å²) in [5, 5.41) is 14.2. The van der Waals surface area contributed by atoms with E-state index < -0.39 is 4.92 Å². The van der Waals surface area contributed by atoms with Gasteiger partial charge in [-0.3, -0.25) is 10.1 Å². The molecular formula is C15H25N3O3. The highest BCUT2D eigenvalue weighted by Crippen LogP contribution is 2.22. The number of nitrogens with zero attached hydrogens (tertiary/aromatic N) is 2. The first-order valence-corrected chi connectivity index (χ1v) is 7.17. The number of ether oxygens (including phenoxy) is 1. The third-order valence-electron chi connectivity index (χ3n) is 3.47. The molecule has 0 amide bonds. The van der Waals surface area contributed by atoms with E-state index in [0.717, 1.165) is 25.1 Å². The van der Waals surface area contributed by atoms with E-state index in [1.165, 1.54) is 13.2 Å². The fourth-order valence-corrected chi connectivity index (χ4v) is 1.91. The molecule has 0 aliphatic carbocycles. The molecule has 1 aromatic carbocycles. The van der Waals surface area contributed by atoms with Crippen molar-refractivity contribution in [1.29, 1.82) is 0 Å². The molecule has 0 atom stereocenters. The molecule has 1 N–H and O–H groups in total. The zero-order chi connectivity index (χ0) is 15.8. The molecule has 21 heavy (non-hydrogen) atoms. The van der Waals surface area contributed by atoms with Crippen molar-refractivity contribution in [2.45, 2.75) is 32.9 Å². The van der Waals surface area contributed by atoms with Gasteiger partial charge in [0.2, 0.25) is 0 Å². The van der Waals surface area contributed by atoms with E-state index in [4.69, 9.17) is 4.74 Å². The van der Waals surface area contributed by atoms with Gasteiger partial charge in [0.25, 0.3) is 5.69 Å². The fourth-order valence-electron chi connectivity index (χ4n) is 1.91. The Morgan fingerprint density at radius 1 is 1.38 bits per heavy atom. The molecule has 0 unspecified atom stereocenters. The van der Waals surface area contributed by atoms with Crippen LogP contribution in [0.2, 0.25) is 0 Å². The van der Waals surface area contributed by atoms with Gasteiger partial charge in [-0.05, 0) is 52.0 Å². The van der Waals surface area contributed by atoms with Gasteiger partial charge in [0.1, 0.15) is 5.75 Å². The standard InChI is InChI=1S/C15H25N3O3/c1-12(2)17(3)7-5-6-16-11-13-8-14(18(19)20)10-15(9-13)21-4/h8-10,12,16H,5-7,11H2,1-4H3. The number of non-ortho nitro benzene ring substituents is 1. The molecule has 0 saturated heterocycles. The Labute approximate surface area is 126 Å². The number of hydrogen-bond acceptors (Lipinski definition) is 5. The Morgan fingerprint density at radius 3 is 2.67 bits per heavy atom. The highest BCUT2D eigenvalue weighted by molar-refractivity contribution is 5.42. The molecule has 1 rings (SSSR count). The van der Waals surface area contributed by atoms with Crippen molar-refractivity contribution in [3.05, 3.63) is 33.9 Å². The average Bonchev–Trinajstić information content (AvgIpc) is 2.46. The minimum atomic E-state index is -0.399. The SMILES string of the molecule is COc1cc(CNCCCN(C)C(C)C)cc([N+](=O)[O-])c1. The largest absolute Gasteiger partial charge is 0.496 e. The van der Waals surface area contributed by atoms with E-state index in [1.54, 1.807) is 6.07 Å². The van der Waals surface area contributed by atoms with E-state index in [-0.39, 0.29) is 5.69 Å². The lowest BCUT2D eigenvalue weighted by Gasteiger charge is -2.20. The summed E-state index contributed by atoms with van der Waals surface area (Å²) in [6.45, 7) is 6.85. The Hall–Kier alpha value is -1.66. The van der Waals surface area contributed by atoms with Crippen LogP contribution in [-0.2, 0) is 6.54 Å². The molecule has 0 aliphatic rings. The lowest BCUT2D eigenvalue weighted by Crippen LogP contribution is -2.29. The minimum absolute atomic E-state index is 0.0608. The van der Waals surface area contributed by atoms with Crippen molar-refractivity contribution in [2.24, 2.45) is 0 Å². The lowest BCUT2D eigenvalue weighted by atomic mass is 10.2. The highest BCUT2D eigenvalue weighted by Gasteiger charge is 2.10. The maximum Gasteiger partial charge on any atom is 0.273 e. The van der Waals surface area contributed by atoms with Crippen LogP contribution < -0.4 is 10.1 Å². The fraction of sp³-hybridized carbons (Fsp3) is 0.600. The molecule has 1 aromatic rings. The molecule has 118 valence electrons. The van der Waals surface area contributed by atoms with Crippen LogP contribution in [-0.4, -0.2) is 43.1 Å². The van der Waals surface area contributed by atoms with Crippen molar-refractivity contribution >= 4 is 5.69 Å². The number of nitro benzene ring substituents is 1. The quantitative estimate of drug-likeness (QED) is 0.430. The summed E-state index contributed by atoms with van der Waals surface area (Å²) in [6, 6.07) is 5.38. The summed E-state index contributed by atoms with van der Waals surface area (Å²) >= 11 is 0. The van der Waals surface area contributed by atoms with Crippen LogP contribution in [0.1, 0.15) is 25.8 Å². The van der Waals surface area contributed by atoms with Crippen molar-refractivity contribution in [3.8, 4) is 5.75 Å². The summed E-state index contributed by atoms with van der Waals surface area (Å²) in [4.78, 5) is 12.8. The second kappa shape index (κ2) is 8.59. The van der Waals surface area contributed by atoms with Crippen LogP contribution in [0, 0.1) is 10.1 Å². The van der Waals surface area contributed by atoms with Crippen molar-refractivity contribution in [2.75, 3.05) is 27.2 Å². The van der Waals surface area contributed by atoms with E-state index in [9.17, 15) is 10.1 Å². The van der Waals surface area contributed by atoms with Crippen LogP contribution in [0.25, 0.3) is 0 Å². The summed E-state index contributed by atoms with van der Waals surface area (Å²) in [5.74, 6) is 0.514.